The summed E-state index contributed by atoms with van der Waals surface area (Å²) in [6.07, 6.45) is 0. The Kier molecular flexibility index (Phi) is 20.4. The molecule has 0 saturated heterocycles. The first-order valence-electron chi connectivity index (χ1n) is 4.29. The van der Waals surface area contributed by atoms with E-state index < -0.39 is 0 Å². The summed E-state index contributed by atoms with van der Waals surface area (Å²) >= 11 is 0. The molecule has 0 radical (unpaired) electrons. The Morgan fingerprint density at radius 2 is 1.08 bits per heavy atom. The van der Waals surface area contributed by atoms with Crippen molar-refractivity contribution in [1.82, 2.24) is 0 Å². The average molecular weight is 180 g/mol. The summed E-state index contributed by atoms with van der Waals surface area (Å²) in [7, 11) is 0. The molecule has 0 aromatic heterocycles. The van der Waals surface area contributed by atoms with Crippen molar-refractivity contribution in [3.63, 3.8) is 0 Å². The van der Waals surface area contributed by atoms with Crippen molar-refractivity contribution in [3.8, 4) is 0 Å². The molecule has 0 bridgehead atoms. The number of hydrogen-bond acceptors (Lipinski definition) is 4. The van der Waals surface area contributed by atoms with Gasteiger partial charge in [-0.25, -0.2) is 0 Å². The maximum absolute atomic E-state index is 8.26. The van der Waals surface area contributed by atoms with Gasteiger partial charge < -0.3 is 19.7 Å². The third kappa shape index (κ3) is 16.4. The maximum atomic E-state index is 8.26. The molecule has 4 heteroatoms. The summed E-state index contributed by atoms with van der Waals surface area (Å²) in [5, 5.41) is 16.5. The summed E-state index contributed by atoms with van der Waals surface area (Å²) in [6.45, 7) is 5.73. The second-order valence-electron chi connectivity index (χ2n) is 1.67. The molecule has 0 aromatic carbocycles. The SMILES string of the molecule is CC.OCCOCCOCCO. The second kappa shape index (κ2) is 17.1. The van der Waals surface area contributed by atoms with Gasteiger partial charge in [0, 0.05) is 0 Å². The molecule has 0 fully saturated rings. The zero-order chi connectivity index (χ0) is 9.66. The van der Waals surface area contributed by atoms with Crippen molar-refractivity contribution in [1.29, 1.82) is 0 Å². The first-order chi connectivity index (χ1) is 5.91. The van der Waals surface area contributed by atoms with Crippen LogP contribution in [0.3, 0.4) is 0 Å². The van der Waals surface area contributed by atoms with Crippen molar-refractivity contribution in [2.24, 2.45) is 0 Å². The molecule has 2 N–H and O–H groups in total. The number of aliphatic hydroxyl groups is 2. The van der Waals surface area contributed by atoms with Gasteiger partial charge in [-0.05, 0) is 0 Å². The standard InChI is InChI=1S/C6H14O4.C2H6/c7-1-3-9-5-6-10-4-2-8;1-2/h7-8H,1-6H2;1-2H3. The van der Waals surface area contributed by atoms with E-state index in [2.05, 4.69) is 0 Å². The monoisotopic (exact) mass is 180 g/mol. The van der Waals surface area contributed by atoms with Crippen molar-refractivity contribution >= 4 is 0 Å². The molecular weight excluding hydrogens is 160 g/mol. The number of hydrogen-bond donors (Lipinski definition) is 2. The zero-order valence-electron chi connectivity index (χ0n) is 7.95. The Morgan fingerprint density at radius 3 is 1.33 bits per heavy atom. The molecule has 0 aliphatic rings. The first kappa shape index (κ1) is 14.4. The first-order valence-corrected chi connectivity index (χ1v) is 4.29. The topological polar surface area (TPSA) is 58.9 Å². The molecule has 0 amide bonds. The molecule has 12 heavy (non-hydrogen) atoms. The molecule has 0 saturated carbocycles. The molecule has 0 atom stereocenters. The molecule has 4 nitrogen and oxygen atoms in total. The lowest BCUT2D eigenvalue weighted by molar-refractivity contribution is 0.0222. The predicted octanol–water partition coefficient (Wildman–Crippen LogP) is 0.0304. The summed E-state index contributed by atoms with van der Waals surface area (Å²) in [5.74, 6) is 0. The van der Waals surface area contributed by atoms with Crippen molar-refractivity contribution in [3.05, 3.63) is 0 Å². The van der Waals surface area contributed by atoms with Crippen LogP contribution in [0, 0.1) is 0 Å². The average Bonchev–Trinajstić information content (AvgIpc) is 2.15. The van der Waals surface area contributed by atoms with Crippen molar-refractivity contribution in [2.45, 2.75) is 13.8 Å². The molecular formula is C8H20O4. The zero-order valence-corrected chi connectivity index (χ0v) is 7.95. The third-order valence-electron chi connectivity index (χ3n) is 0.843. The van der Waals surface area contributed by atoms with Gasteiger partial charge in [-0.2, -0.15) is 0 Å². The van der Waals surface area contributed by atoms with E-state index in [4.69, 9.17) is 19.7 Å². The normalized spacial score (nSPS) is 9.00. The van der Waals surface area contributed by atoms with Crippen LogP contribution in [0.5, 0.6) is 0 Å². The van der Waals surface area contributed by atoms with E-state index in [9.17, 15) is 0 Å². The van der Waals surface area contributed by atoms with Gasteiger partial charge in [0.05, 0.1) is 39.6 Å². The quantitative estimate of drug-likeness (QED) is 0.543. The van der Waals surface area contributed by atoms with E-state index in [1.54, 1.807) is 0 Å². The highest BCUT2D eigenvalue weighted by atomic mass is 16.5. The minimum Gasteiger partial charge on any atom is -0.394 e. The van der Waals surface area contributed by atoms with Crippen LogP contribution in [-0.4, -0.2) is 49.9 Å². The molecule has 0 rings (SSSR count). The van der Waals surface area contributed by atoms with Crippen LogP contribution in [-0.2, 0) is 9.47 Å². The lowest BCUT2D eigenvalue weighted by atomic mass is 10.7. The van der Waals surface area contributed by atoms with E-state index in [-0.39, 0.29) is 13.2 Å². The summed E-state index contributed by atoms with van der Waals surface area (Å²) < 4.78 is 9.75. The van der Waals surface area contributed by atoms with Crippen LogP contribution in [0.1, 0.15) is 13.8 Å². The van der Waals surface area contributed by atoms with Gasteiger partial charge in [-0.1, -0.05) is 13.8 Å². The van der Waals surface area contributed by atoms with E-state index >= 15 is 0 Å². The fourth-order valence-electron chi connectivity index (χ4n) is 0.451. The number of rotatable bonds is 7. The fourth-order valence-corrected chi connectivity index (χ4v) is 0.451. The van der Waals surface area contributed by atoms with Crippen LogP contribution < -0.4 is 0 Å². The van der Waals surface area contributed by atoms with Gasteiger partial charge in [0.25, 0.3) is 0 Å². The van der Waals surface area contributed by atoms with Gasteiger partial charge in [0.1, 0.15) is 0 Å². The van der Waals surface area contributed by atoms with Crippen LogP contribution in [0.25, 0.3) is 0 Å². The van der Waals surface area contributed by atoms with Crippen LogP contribution in [0.2, 0.25) is 0 Å². The highest BCUT2D eigenvalue weighted by Gasteiger charge is 1.86. The van der Waals surface area contributed by atoms with E-state index in [0.717, 1.165) is 0 Å². The van der Waals surface area contributed by atoms with Crippen LogP contribution >= 0.6 is 0 Å². The molecule has 0 spiro atoms. The van der Waals surface area contributed by atoms with E-state index in [0.29, 0.717) is 26.4 Å². The lowest BCUT2D eigenvalue weighted by Crippen LogP contribution is -2.09. The minimum atomic E-state index is 0.0417. The van der Waals surface area contributed by atoms with Gasteiger partial charge in [-0.15, -0.1) is 0 Å². The summed E-state index contributed by atoms with van der Waals surface area (Å²) in [4.78, 5) is 0. The molecule has 0 aliphatic carbocycles. The van der Waals surface area contributed by atoms with Gasteiger partial charge in [-0.3, -0.25) is 0 Å². The highest BCUT2D eigenvalue weighted by Crippen LogP contribution is 1.76. The number of ether oxygens (including phenoxy) is 2. The summed E-state index contributed by atoms with van der Waals surface area (Å²) in [6, 6.07) is 0. The van der Waals surface area contributed by atoms with Gasteiger partial charge in [0.15, 0.2) is 0 Å². The Hall–Kier alpha value is -0.160. The Morgan fingerprint density at radius 1 is 0.750 bits per heavy atom. The minimum absolute atomic E-state index is 0.0417. The lowest BCUT2D eigenvalue weighted by Gasteiger charge is -2.01. The van der Waals surface area contributed by atoms with Gasteiger partial charge in [0.2, 0.25) is 0 Å². The van der Waals surface area contributed by atoms with Crippen molar-refractivity contribution in [2.75, 3.05) is 39.6 Å². The Balaban J connectivity index is 0. The van der Waals surface area contributed by atoms with Crippen molar-refractivity contribution < 1.29 is 19.7 Å². The van der Waals surface area contributed by atoms with Gasteiger partial charge >= 0.3 is 0 Å². The highest BCUT2D eigenvalue weighted by molar-refractivity contribution is 4.30. The molecule has 76 valence electrons. The largest absolute Gasteiger partial charge is 0.394 e. The number of aliphatic hydroxyl groups excluding tert-OH is 2. The molecule has 0 aliphatic heterocycles. The van der Waals surface area contributed by atoms with E-state index in [1.807, 2.05) is 13.8 Å². The maximum Gasteiger partial charge on any atom is 0.0701 e. The predicted molar refractivity (Wildman–Crippen MR) is 47.2 cm³/mol. The molecule has 0 heterocycles. The smallest absolute Gasteiger partial charge is 0.0701 e. The van der Waals surface area contributed by atoms with Crippen LogP contribution in [0.15, 0.2) is 0 Å². The van der Waals surface area contributed by atoms with E-state index in [1.165, 1.54) is 0 Å². The second-order valence-corrected chi connectivity index (χ2v) is 1.67. The third-order valence-corrected chi connectivity index (χ3v) is 0.843. The Labute approximate surface area is 74.1 Å². The molecule has 0 unspecified atom stereocenters. The molecule has 0 aromatic rings. The fraction of sp³-hybridized carbons (Fsp3) is 1.00. The summed E-state index contributed by atoms with van der Waals surface area (Å²) in [5.41, 5.74) is 0. The van der Waals surface area contributed by atoms with Crippen LogP contribution in [0.4, 0.5) is 0 Å². The Bertz CT molecular complexity index is 51.0.